The Kier molecular flexibility index (Phi) is 2.37. The lowest BCUT2D eigenvalue weighted by atomic mass is 9.83. The highest BCUT2D eigenvalue weighted by Crippen LogP contribution is 2.47. The second-order valence-electron chi connectivity index (χ2n) is 5.53. The van der Waals surface area contributed by atoms with E-state index in [4.69, 9.17) is 9.40 Å². The van der Waals surface area contributed by atoms with Crippen LogP contribution in [0.15, 0.2) is 22.8 Å². The van der Waals surface area contributed by atoms with Crippen LogP contribution in [-0.4, -0.2) is 18.1 Å². The molecule has 5 heterocycles. The lowest BCUT2D eigenvalue weighted by molar-refractivity contribution is 0.462. The number of pyridine rings is 1. The lowest BCUT2D eigenvalue weighted by Crippen LogP contribution is -2.40. The van der Waals surface area contributed by atoms with Crippen molar-refractivity contribution in [1.82, 2.24) is 4.98 Å². The molecule has 20 heavy (non-hydrogen) atoms. The van der Waals surface area contributed by atoms with Crippen LogP contribution in [-0.2, 0) is 0 Å². The molecule has 0 unspecified atom stereocenters. The molecule has 4 heteroatoms. The first kappa shape index (κ1) is 11.5. The van der Waals surface area contributed by atoms with Gasteiger partial charge in [-0.2, -0.15) is 5.26 Å². The molecule has 1 saturated heterocycles. The molecule has 0 N–H and O–H groups in total. The van der Waals surface area contributed by atoms with Crippen LogP contribution in [0.25, 0.3) is 11.3 Å². The van der Waals surface area contributed by atoms with E-state index in [-0.39, 0.29) is 0 Å². The summed E-state index contributed by atoms with van der Waals surface area (Å²) in [6.07, 6.45) is 4.00. The van der Waals surface area contributed by atoms with Crippen molar-refractivity contribution in [2.45, 2.75) is 25.7 Å². The van der Waals surface area contributed by atoms with E-state index in [1.807, 2.05) is 19.1 Å². The second-order valence-corrected chi connectivity index (χ2v) is 5.53. The fraction of sp³-hybridized carbons (Fsp3) is 0.375. The van der Waals surface area contributed by atoms with Crippen molar-refractivity contribution >= 4 is 5.69 Å². The summed E-state index contributed by atoms with van der Waals surface area (Å²) in [5.41, 5.74) is 4.68. The van der Waals surface area contributed by atoms with Gasteiger partial charge >= 0.3 is 0 Å². The van der Waals surface area contributed by atoms with E-state index in [1.165, 1.54) is 12.8 Å². The molecule has 100 valence electrons. The summed E-state index contributed by atoms with van der Waals surface area (Å²) in [7, 11) is 0. The van der Waals surface area contributed by atoms with Crippen LogP contribution in [0.5, 0.6) is 0 Å². The monoisotopic (exact) mass is 265 g/mol. The largest absolute Gasteiger partial charge is 0.464 e. The molecule has 4 nitrogen and oxygen atoms in total. The second kappa shape index (κ2) is 4.11. The number of fused-ring (bicyclic) bond motifs is 2. The minimum absolute atomic E-state index is 0.537. The van der Waals surface area contributed by atoms with Crippen LogP contribution in [0, 0.1) is 18.3 Å². The first-order chi connectivity index (χ1) is 9.79. The minimum atomic E-state index is 0.537. The Labute approximate surface area is 117 Å². The van der Waals surface area contributed by atoms with E-state index >= 15 is 0 Å². The first-order valence-electron chi connectivity index (χ1n) is 7.03. The number of aromatic nitrogens is 1. The van der Waals surface area contributed by atoms with Gasteiger partial charge in [-0.05, 0) is 31.9 Å². The Morgan fingerprint density at radius 3 is 2.85 bits per heavy atom. The molecule has 2 aromatic heterocycles. The van der Waals surface area contributed by atoms with Gasteiger partial charge in [0, 0.05) is 19.0 Å². The lowest BCUT2D eigenvalue weighted by Gasteiger charge is -2.42. The van der Waals surface area contributed by atoms with E-state index in [1.54, 1.807) is 6.26 Å². The van der Waals surface area contributed by atoms with E-state index in [9.17, 15) is 5.26 Å². The quantitative estimate of drug-likeness (QED) is 0.794. The molecule has 0 spiro atoms. The molecular weight excluding hydrogens is 250 g/mol. The Morgan fingerprint density at radius 2 is 2.20 bits per heavy atom. The van der Waals surface area contributed by atoms with E-state index < -0.39 is 0 Å². The zero-order chi connectivity index (χ0) is 13.7. The van der Waals surface area contributed by atoms with Crippen molar-refractivity contribution in [3.63, 3.8) is 0 Å². The number of nitrogens with zero attached hydrogens (tertiary/aromatic N) is 3. The third-order valence-corrected chi connectivity index (χ3v) is 4.46. The van der Waals surface area contributed by atoms with Gasteiger partial charge in [-0.3, -0.25) is 4.98 Å². The molecule has 3 aliphatic heterocycles. The maximum atomic E-state index is 9.52. The average molecular weight is 265 g/mol. The Balaban J connectivity index is 2.08. The van der Waals surface area contributed by atoms with Crippen molar-refractivity contribution in [1.29, 1.82) is 5.26 Å². The third-order valence-electron chi connectivity index (χ3n) is 4.46. The number of hydrogen-bond donors (Lipinski definition) is 0. The van der Waals surface area contributed by atoms with Crippen molar-refractivity contribution in [2.24, 2.45) is 0 Å². The molecule has 0 radical (unpaired) electrons. The van der Waals surface area contributed by atoms with Crippen LogP contribution < -0.4 is 4.90 Å². The highest BCUT2D eigenvalue weighted by Gasteiger charge is 2.36. The van der Waals surface area contributed by atoms with Crippen molar-refractivity contribution in [2.75, 3.05) is 18.0 Å². The van der Waals surface area contributed by atoms with Gasteiger partial charge < -0.3 is 9.32 Å². The Bertz CT molecular complexity index is 704. The standard InChI is InChI=1S/C16H15N3O/c1-10-12(9-17)14(13-3-2-8-20-13)16-15(18-10)11-4-6-19(16)7-5-11/h2-3,8,11H,4-7H2,1H3. The molecular formula is C16H15N3O. The number of aryl methyl sites for hydroxylation is 1. The number of rotatable bonds is 1. The minimum Gasteiger partial charge on any atom is -0.464 e. The summed E-state index contributed by atoms with van der Waals surface area (Å²) in [6.45, 7) is 4.03. The predicted octanol–water partition coefficient (Wildman–Crippen LogP) is 3.22. The molecule has 3 aliphatic rings. The summed E-state index contributed by atoms with van der Waals surface area (Å²) in [4.78, 5) is 7.09. The summed E-state index contributed by atoms with van der Waals surface area (Å²) in [5, 5.41) is 9.52. The van der Waals surface area contributed by atoms with Crippen LogP contribution in [0.1, 0.15) is 35.7 Å². The van der Waals surface area contributed by atoms with Crippen molar-refractivity contribution in [3.05, 3.63) is 35.3 Å². The predicted molar refractivity (Wildman–Crippen MR) is 75.6 cm³/mol. The highest BCUT2D eigenvalue weighted by atomic mass is 16.3. The zero-order valence-corrected chi connectivity index (χ0v) is 11.4. The van der Waals surface area contributed by atoms with Gasteiger partial charge in [0.15, 0.2) is 0 Å². The number of hydrogen-bond acceptors (Lipinski definition) is 4. The number of piperidine rings is 1. The molecule has 0 aliphatic carbocycles. The Morgan fingerprint density at radius 1 is 1.40 bits per heavy atom. The van der Waals surface area contributed by atoms with Gasteiger partial charge in [0.25, 0.3) is 0 Å². The molecule has 2 aromatic rings. The normalized spacial score (nSPS) is 17.1. The number of anilines is 1. The molecule has 0 atom stereocenters. The van der Waals surface area contributed by atoms with Crippen LogP contribution in [0.3, 0.4) is 0 Å². The van der Waals surface area contributed by atoms with Gasteiger partial charge in [0.05, 0.1) is 34.5 Å². The SMILES string of the molecule is Cc1nc2c(c(-c3ccco3)c1C#N)N1CCC2CC1. The number of nitriles is 1. The maximum absolute atomic E-state index is 9.52. The van der Waals surface area contributed by atoms with E-state index in [0.717, 1.165) is 41.5 Å². The van der Waals surface area contributed by atoms with Gasteiger partial charge in [0.1, 0.15) is 11.8 Å². The van der Waals surface area contributed by atoms with Crippen molar-refractivity contribution in [3.8, 4) is 17.4 Å². The van der Waals surface area contributed by atoms with Gasteiger partial charge in [0.2, 0.25) is 0 Å². The smallest absolute Gasteiger partial charge is 0.137 e. The summed E-state index contributed by atoms with van der Waals surface area (Å²) in [6, 6.07) is 6.11. The van der Waals surface area contributed by atoms with Gasteiger partial charge in [-0.15, -0.1) is 0 Å². The first-order valence-corrected chi connectivity index (χ1v) is 7.03. The Hall–Kier alpha value is -2.28. The summed E-state index contributed by atoms with van der Waals surface area (Å²) >= 11 is 0. The summed E-state index contributed by atoms with van der Waals surface area (Å²) in [5.74, 6) is 1.31. The molecule has 0 saturated carbocycles. The van der Waals surface area contributed by atoms with E-state index in [0.29, 0.717) is 11.5 Å². The fourth-order valence-corrected chi connectivity index (χ4v) is 3.50. The summed E-state index contributed by atoms with van der Waals surface area (Å²) < 4.78 is 5.59. The van der Waals surface area contributed by atoms with Crippen molar-refractivity contribution < 1.29 is 4.42 Å². The molecule has 5 rings (SSSR count). The third kappa shape index (κ3) is 1.44. The van der Waals surface area contributed by atoms with Gasteiger partial charge in [-0.1, -0.05) is 0 Å². The van der Waals surface area contributed by atoms with Gasteiger partial charge in [-0.25, -0.2) is 0 Å². The van der Waals surface area contributed by atoms with E-state index in [2.05, 4.69) is 11.0 Å². The topological polar surface area (TPSA) is 53.1 Å². The molecule has 2 bridgehead atoms. The number of furan rings is 1. The zero-order valence-electron chi connectivity index (χ0n) is 11.4. The molecule has 0 aromatic carbocycles. The maximum Gasteiger partial charge on any atom is 0.137 e. The molecule has 0 amide bonds. The van der Waals surface area contributed by atoms with Crippen LogP contribution in [0.2, 0.25) is 0 Å². The fourth-order valence-electron chi connectivity index (χ4n) is 3.50. The average Bonchev–Trinajstić information content (AvgIpc) is 3.00. The van der Waals surface area contributed by atoms with Crippen LogP contribution in [0.4, 0.5) is 5.69 Å². The molecule has 1 fully saturated rings. The highest BCUT2D eigenvalue weighted by molar-refractivity contribution is 5.84. The van der Waals surface area contributed by atoms with Crippen LogP contribution >= 0.6 is 0 Å².